The molecule has 142 valence electrons. The lowest BCUT2D eigenvalue weighted by Gasteiger charge is -2.26. The van der Waals surface area contributed by atoms with Crippen LogP contribution in [0.1, 0.15) is 38.2 Å². The van der Waals surface area contributed by atoms with Gasteiger partial charge in [-0.3, -0.25) is 0 Å². The second-order valence-electron chi connectivity index (χ2n) is 6.98. The molecule has 0 unspecified atom stereocenters. The number of nitrogens with zero attached hydrogens (tertiary/aromatic N) is 2. The number of aromatic hydroxyl groups is 2. The fraction of sp³-hybridized carbons (Fsp3) is 0.524. The minimum Gasteiger partial charge on any atom is -0.508 e. The normalized spacial score (nSPS) is 15.4. The third-order valence-corrected chi connectivity index (χ3v) is 5.08. The number of hydrogen-bond acceptors (Lipinski definition) is 4. The number of likely N-dealkylation sites (tertiary alicyclic amines) is 1. The van der Waals surface area contributed by atoms with Gasteiger partial charge in [0, 0.05) is 31.3 Å². The molecule has 2 N–H and O–H groups in total. The van der Waals surface area contributed by atoms with Crippen LogP contribution in [0.3, 0.4) is 0 Å². The fourth-order valence-corrected chi connectivity index (χ4v) is 3.74. The smallest absolute Gasteiger partial charge is 0.191 e. The zero-order chi connectivity index (χ0) is 18.4. The van der Waals surface area contributed by atoms with Crippen LogP contribution in [-0.4, -0.2) is 45.9 Å². The second-order valence-corrected chi connectivity index (χ2v) is 6.98. The number of phenolic OH excluding ortho intramolecular Hbond substituents is 1. The molecule has 1 aromatic carbocycles. The summed E-state index contributed by atoms with van der Waals surface area (Å²) in [6.07, 6.45) is 5.04. The predicted octanol–water partition coefficient (Wildman–Crippen LogP) is 3.98. The number of aromatic nitrogens is 1. The number of piperidine rings is 1. The highest BCUT2D eigenvalue weighted by Crippen LogP contribution is 2.32. The molecule has 2 heterocycles. The third-order valence-electron chi connectivity index (χ3n) is 5.08. The summed E-state index contributed by atoms with van der Waals surface area (Å²) >= 11 is 0. The highest BCUT2D eigenvalue weighted by atomic mass is 16.5. The summed E-state index contributed by atoms with van der Waals surface area (Å²) < 4.78 is 7.78. The monoisotopic (exact) mass is 358 g/mol. The minimum atomic E-state index is 0.239. The molecule has 0 radical (unpaired) electrons. The maximum absolute atomic E-state index is 10.3. The molecule has 1 aliphatic heterocycles. The van der Waals surface area contributed by atoms with Crippen molar-refractivity contribution in [2.24, 2.45) is 0 Å². The molecular weight excluding hydrogens is 328 g/mol. The van der Waals surface area contributed by atoms with Crippen LogP contribution in [0.2, 0.25) is 0 Å². The Hall–Kier alpha value is -1.98. The number of rotatable bonds is 8. The summed E-state index contributed by atoms with van der Waals surface area (Å²) in [7, 11) is 0. The van der Waals surface area contributed by atoms with Crippen molar-refractivity contribution in [3.63, 3.8) is 0 Å². The van der Waals surface area contributed by atoms with Crippen molar-refractivity contribution in [2.45, 2.75) is 45.8 Å². The van der Waals surface area contributed by atoms with Crippen LogP contribution in [0.15, 0.2) is 30.3 Å². The topological polar surface area (TPSA) is 57.9 Å². The van der Waals surface area contributed by atoms with Gasteiger partial charge in [0.15, 0.2) is 5.88 Å². The Morgan fingerprint density at radius 3 is 2.46 bits per heavy atom. The molecule has 1 aromatic heterocycles. The first kappa shape index (κ1) is 18.8. The molecule has 1 aliphatic rings. The van der Waals surface area contributed by atoms with Gasteiger partial charge in [-0.05, 0) is 69.1 Å². The SMILES string of the molecule is CCn1c(O)cc(COCCCN2CCCCC2)c1-c1ccc(O)cc1. The second kappa shape index (κ2) is 9.10. The van der Waals surface area contributed by atoms with Gasteiger partial charge in [-0.1, -0.05) is 6.42 Å². The highest BCUT2D eigenvalue weighted by Gasteiger charge is 2.16. The fourth-order valence-electron chi connectivity index (χ4n) is 3.74. The van der Waals surface area contributed by atoms with Crippen molar-refractivity contribution in [1.82, 2.24) is 9.47 Å². The van der Waals surface area contributed by atoms with E-state index in [0.717, 1.165) is 36.4 Å². The van der Waals surface area contributed by atoms with E-state index in [4.69, 9.17) is 4.74 Å². The maximum Gasteiger partial charge on any atom is 0.191 e. The van der Waals surface area contributed by atoms with Gasteiger partial charge in [0.25, 0.3) is 0 Å². The van der Waals surface area contributed by atoms with Crippen molar-refractivity contribution in [3.8, 4) is 22.9 Å². The van der Waals surface area contributed by atoms with Crippen LogP contribution in [0.4, 0.5) is 0 Å². The van der Waals surface area contributed by atoms with Gasteiger partial charge >= 0.3 is 0 Å². The lowest BCUT2D eigenvalue weighted by atomic mass is 10.1. The van der Waals surface area contributed by atoms with E-state index in [1.165, 1.54) is 32.4 Å². The zero-order valence-electron chi connectivity index (χ0n) is 15.7. The van der Waals surface area contributed by atoms with Gasteiger partial charge in [-0.2, -0.15) is 0 Å². The van der Waals surface area contributed by atoms with E-state index < -0.39 is 0 Å². The van der Waals surface area contributed by atoms with Gasteiger partial charge in [0.1, 0.15) is 5.75 Å². The summed E-state index contributed by atoms with van der Waals surface area (Å²) in [4.78, 5) is 2.52. The van der Waals surface area contributed by atoms with E-state index in [0.29, 0.717) is 13.2 Å². The minimum absolute atomic E-state index is 0.239. The highest BCUT2D eigenvalue weighted by molar-refractivity contribution is 5.66. The molecular formula is C21H30N2O3. The van der Waals surface area contributed by atoms with Crippen LogP contribution in [0, 0.1) is 0 Å². The van der Waals surface area contributed by atoms with E-state index >= 15 is 0 Å². The molecule has 1 saturated heterocycles. The molecule has 0 bridgehead atoms. The largest absolute Gasteiger partial charge is 0.508 e. The molecule has 0 atom stereocenters. The van der Waals surface area contributed by atoms with Gasteiger partial charge in [0.05, 0.1) is 12.3 Å². The zero-order valence-corrected chi connectivity index (χ0v) is 15.7. The first-order valence-electron chi connectivity index (χ1n) is 9.70. The summed E-state index contributed by atoms with van der Waals surface area (Å²) in [5.41, 5.74) is 2.91. The van der Waals surface area contributed by atoms with E-state index in [2.05, 4.69) is 4.90 Å². The summed E-state index contributed by atoms with van der Waals surface area (Å²) in [6.45, 7) is 7.44. The number of benzene rings is 1. The maximum atomic E-state index is 10.3. The van der Waals surface area contributed by atoms with Crippen molar-refractivity contribution in [1.29, 1.82) is 0 Å². The third kappa shape index (κ3) is 4.59. The summed E-state index contributed by atoms with van der Waals surface area (Å²) in [5, 5.41) is 19.8. The van der Waals surface area contributed by atoms with Gasteiger partial charge < -0.3 is 24.4 Å². The molecule has 5 heteroatoms. The Morgan fingerprint density at radius 2 is 1.77 bits per heavy atom. The van der Waals surface area contributed by atoms with E-state index in [-0.39, 0.29) is 11.6 Å². The van der Waals surface area contributed by atoms with Crippen LogP contribution >= 0.6 is 0 Å². The number of hydrogen-bond donors (Lipinski definition) is 2. The Morgan fingerprint density at radius 1 is 1.04 bits per heavy atom. The summed E-state index contributed by atoms with van der Waals surface area (Å²) in [6, 6.07) is 8.87. The molecule has 1 fully saturated rings. The van der Waals surface area contributed by atoms with Gasteiger partial charge in [-0.15, -0.1) is 0 Å². The molecule has 5 nitrogen and oxygen atoms in total. The standard InChI is InChI=1S/C21H30N2O3/c1-2-23-20(25)15-18(21(23)17-7-9-19(24)10-8-17)16-26-14-6-13-22-11-4-3-5-12-22/h7-10,15,24-25H,2-6,11-14,16H2,1H3. The Bertz CT molecular complexity index is 688. The van der Waals surface area contributed by atoms with Crippen molar-refractivity contribution in [2.75, 3.05) is 26.2 Å². The molecule has 2 aromatic rings. The van der Waals surface area contributed by atoms with E-state index in [1.54, 1.807) is 18.2 Å². The molecule has 0 spiro atoms. The Kier molecular flexibility index (Phi) is 6.58. The van der Waals surface area contributed by atoms with Crippen LogP contribution in [-0.2, 0) is 17.9 Å². The lowest BCUT2D eigenvalue weighted by molar-refractivity contribution is 0.105. The number of phenols is 1. The summed E-state index contributed by atoms with van der Waals surface area (Å²) in [5.74, 6) is 0.491. The lowest BCUT2D eigenvalue weighted by Crippen LogP contribution is -2.31. The van der Waals surface area contributed by atoms with Crippen molar-refractivity contribution in [3.05, 3.63) is 35.9 Å². The van der Waals surface area contributed by atoms with Gasteiger partial charge in [0.2, 0.25) is 0 Å². The molecule has 26 heavy (non-hydrogen) atoms. The average molecular weight is 358 g/mol. The Labute approximate surface area is 155 Å². The first-order chi connectivity index (χ1) is 12.7. The van der Waals surface area contributed by atoms with Crippen LogP contribution < -0.4 is 0 Å². The van der Waals surface area contributed by atoms with E-state index in [1.807, 2.05) is 23.6 Å². The molecule has 0 amide bonds. The Balaban J connectivity index is 1.59. The molecule has 3 rings (SSSR count). The molecule has 0 saturated carbocycles. The first-order valence-corrected chi connectivity index (χ1v) is 9.70. The van der Waals surface area contributed by atoms with Crippen LogP contribution in [0.25, 0.3) is 11.3 Å². The van der Waals surface area contributed by atoms with Gasteiger partial charge in [-0.25, -0.2) is 0 Å². The predicted molar refractivity (Wildman–Crippen MR) is 103 cm³/mol. The van der Waals surface area contributed by atoms with Crippen molar-refractivity contribution >= 4 is 0 Å². The number of ether oxygens (including phenoxy) is 1. The average Bonchev–Trinajstić information content (AvgIpc) is 2.98. The van der Waals surface area contributed by atoms with E-state index in [9.17, 15) is 10.2 Å². The van der Waals surface area contributed by atoms with Crippen LogP contribution in [0.5, 0.6) is 11.6 Å². The van der Waals surface area contributed by atoms with Crippen molar-refractivity contribution < 1.29 is 14.9 Å². The molecule has 0 aliphatic carbocycles. The quantitative estimate of drug-likeness (QED) is 0.701.